The lowest BCUT2D eigenvalue weighted by Gasteiger charge is -2.07. The number of hydrogen-bond donors (Lipinski definition) is 1. The van der Waals surface area contributed by atoms with E-state index in [0.29, 0.717) is 0 Å². The maximum atomic E-state index is 13.6. The van der Waals surface area contributed by atoms with Crippen molar-refractivity contribution in [2.24, 2.45) is 0 Å². The molecule has 0 bridgehead atoms. The molecule has 0 aliphatic heterocycles. The molecule has 0 fully saturated rings. The van der Waals surface area contributed by atoms with Crippen molar-refractivity contribution in [1.29, 1.82) is 0 Å². The molecule has 2 aromatic heterocycles. The Hall–Kier alpha value is -3.84. The molecule has 0 atom stereocenters. The molecule has 140 valence electrons. The lowest BCUT2D eigenvalue weighted by Crippen LogP contribution is -2.17. The van der Waals surface area contributed by atoms with Crippen molar-refractivity contribution in [3.05, 3.63) is 63.7 Å². The van der Waals surface area contributed by atoms with Crippen LogP contribution < -0.4 is 5.32 Å². The number of aromatic nitrogens is 5. The molecular formula is C13H7F4N7O3. The molecule has 3 aromatic rings. The van der Waals surface area contributed by atoms with Crippen molar-refractivity contribution in [2.75, 3.05) is 5.32 Å². The molecule has 0 radical (unpaired) electrons. The number of carbonyl (C=O) groups excluding carboxylic acids is 1. The molecule has 2 heterocycles. The largest absolute Gasteiger partial charge is 0.491 e. The predicted octanol–water partition coefficient (Wildman–Crippen LogP) is 1.70. The zero-order chi connectivity index (χ0) is 19.7. The molecule has 27 heavy (non-hydrogen) atoms. The summed E-state index contributed by atoms with van der Waals surface area (Å²) in [4.78, 5) is 25.1. The number of hydrogen-bond acceptors (Lipinski definition) is 6. The predicted molar refractivity (Wildman–Crippen MR) is 78.5 cm³/mol. The number of anilines is 1. The third-order valence-electron chi connectivity index (χ3n) is 3.20. The third kappa shape index (κ3) is 3.58. The summed E-state index contributed by atoms with van der Waals surface area (Å²) in [5, 5.41) is 19.5. The molecule has 3 rings (SSSR count). The van der Waals surface area contributed by atoms with E-state index in [0.717, 1.165) is 21.8 Å². The minimum Gasteiger partial charge on any atom is -0.390 e. The van der Waals surface area contributed by atoms with Crippen LogP contribution in [0.15, 0.2) is 24.7 Å². The van der Waals surface area contributed by atoms with Crippen LogP contribution in [0.1, 0.15) is 10.5 Å². The molecule has 0 unspecified atom stereocenters. The lowest BCUT2D eigenvalue weighted by molar-refractivity contribution is -0.394. The molecule has 0 saturated heterocycles. The number of amides is 1. The van der Waals surface area contributed by atoms with E-state index in [1.54, 1.807) is 5.32 Å². The van der Waals surface area contributed by atoms with Crippen molar-refractivity contribution in [3.63, 3.8) is 0 Å². The zero-order valence-electron chi connectivity index (χ0n) is 12.9. The van der Waals surface area contributed by atoms with Crippen molar-refractivity contribution in [3.8, 4) is 0 Å². The van der Waals surface area contributed by atoms with Gasteiger partial charge >= 0.3 is 5.95 Å². The van der Waals surface area contributed by atoms with Gasteiger partial charge in [0.15, 0.2) is 35.6 Å². The summed E-state index contributed by atoms with van der Waals surface area (Å²) in [6, 6.07) is 1.15. The Balaban J connectivity index is 1.76. The highest BCUT2D eigenvalue weighted by Crippen LogP contribution is 2.24. The Kier molecular flexibility index (Phi) is 4.53. The average molecular weight is 385 g/mol. The number of halogens is 4. The quantitative estimate of drug-likeness (QED) is 0.309. The van der Waals surface area contributed by atoms with Gasteiger partial charge in [-0.05, 0) is 11.0 Å². The minimum absolute atomic E-state index is 0.00630. The monoisotopic (exact) mass is 385 g/mol. The Bertz CT molecular complexity index is 1020. The van der Waals surface area contributed by atoms with Crippen LogP contribution in [0.5, 0.6) is 0 Å². The normalized spacial score (nSPS) is 10.8. The van der Waals surface area contributed by atoms with Gasteiger partial charge < -0.3 is 15.4 Å². The number of benzene rings is 1. The molecule has 0 spiro atoms. The summed E-state index contributed by atoms with van der Waals surface area (Å²) < 4.78 is 55.7. The summed E-state index contributed by atoms with van der Waals surface area (Å²) in [5.41, 5.74) is -1.63. The standard InChI is InChI=1S/C13H7F4N7O3/c14-6-3-7(15)10(17)11(9(6)16)19-12(25)8-1-2-22(20-8)5-23-4-18-13(21-23)24(26)27/h1-4H,5H2,(H,19,25). The highest BCUT2D eigenvalue weighted by molar-refractivity contribution is 6.02. The summed E-state index contributed by atoms with van der Waals surface area (Å²) in [6.07, 6.45) is 2.32. The van der Waals surface area contributed by atoms with Crippen LogP contribution >= 0.6 is 0 Å². The van der Waals surface area contributed by atoms with Crippen LogP contribution in [0.2, 0.25) is 0 Å². The van der Waals surface area contributed by atoms with Gasteiger partial charge in [-0.2, -0.15) is 9.78 Å². The second-order valence-corrected chi connectivity index (χ2v) is 5.02. The summed E-state index contributed by atoms with van der Waals surface area (Å²) in [6.45, 7) is -0.161. The molecular weight excluding hydrogens is 378 g/mol. The minimum atomic E-state index is -1.77. The first-order valence-electron chi connectivity index (χ1n) is 6.98. The first-order valence-corrected chi connectivity index (χ1v) is 6.98. The first-order chi connectivity index (χ1) is 12.8. The summed E-state index contributed by atoms with van der Waals surface area (Å²) >= 11 is 0. The van der Waals surface area contributed by atoms with Gasteiger partial charge in [0.05, 0.1) is 0 Å². The van der Waals surface area contributed by atoms with Gasteiger partial charge in [0, 0.05) is 17.4 Å². The molecule has 0 saturated carbocycles. The highest BCUT2D eigenvalue weighted by atomic mass is 19.2. The maximum absolute atomic E-state index is 13.6. The molecule has 1 N–H and O–H groups in total. The van der Waals surface area contributed by atoms with Gasteiger partial charge in [-0.15, -0.1) is 0 Å². The Morgan fingerprint density at radius 1 is 1.15 bits per heavy atom. The van der Waals surface area contributed by atoms with Crippen molar-refractivity contribution in [1.82, 2.24) is 24.5 Å². The van der Waals surface area contributed by atoms with Crippen LogP contribution in [0.4, 0.5) is 29.2 Å². The van der Waals surface area contributed by atoms with E-state index < -0.39 is 45.7 Å². The van der Waals surface area contributed by atoms with E-state index in [-0.39, 0.29) is 18.4 Å². The molecule has 14 heteroatoms. The third-order valence-corrected chi connectivity index (χ3v) is 3.20. The fraction of sp³-hybridized carbons (Fsp3) is 0.0769. The molecule has 1 amide bonds. The van der Waals surface area contributed by atoms with Crippen LogP contribution in [-0.4, -0.2) is 35.4 Å². The van der Waals surface area contributed by atoms with E-state index in [1.165, 1.54) is 6.20 Å². The fourth-order valence-corrected chi connectivity index (χ4v) is 2.01. The summed E-state index contributed by atoms with van der Waals surface area (Å²) in [5.74, 6) is -8.67. The van der Waals surface area contributed by atoms with E-state index in [9.17, 15) is 32.5 Å². The fourth-order valence-electron chi connectivity index (χ4n) is 2.01. The SMILES string of the molecule is O=C(Nc1c(F)c(F)cc(F)c1F)c1ccn(Cn2cnc([N+](=O)[O-])n2)n1. The number of nitrogens with one attached hydrogen (secondary N) is 1. The number of nitrogens with zero attached hydrogens (tertiary/aromatic N) is 6. The maximum Gasteiger partial charge on any atom is 0.491 e. The molecule has 10 nitrogen and oxygen atoms in total. The van der Waals surface area contributed by atoms with Crippen LogP contribution in [-0.2, 0) is 6.67 Å². The van der Waals surface area contributed by atoms with E-state index in [4.69, 9.17) is 0 Å². The van der Waals surface area contributed by atoms with Crippen molar-refractivity contribution in [2.45, 2.75) is 6.67 Å². The van der Waals surface area contributed by atoms with Gasteiger partial charge in [-0.3, -0.25) is 4.79 Å². The number of carbonyl (C=O) groups is 1. The van der Waals surface area contributed by atoms with Crippen molar-refractivity contribution >= 4 is 17.5 Å². The van der Waals surface area contributed by atoms with Crippen LogP contribution in [0.25, 0.3) is 0 Å². The van der Waals surface area contributed by atoms with Crippen LogP contribution in [0, 0.1) is 33.4 Å². The molecule has 0 aliphatic carbocycles. The van der Waals surface area contributed by atoms with Gasteiger partial charge in [0.1, 0.15) is 5.69 Å². The molecule has 1 aromatic carbocycles. The van der Waals surface area contributed by atoms with Crippen molar-refractivity contribution < 1.29 is 27.3 Å². The molecule has 0 aliphatic rings. The van der Waals surface area contributed by atoms with Gasteiger partial charge in [-0.1, -0.05) is 4.98 Å². The van der Waals surface area contributed by atoms with Gasteiger partial charge in [0.2, 0.25) is 6.33 Å². The Labute approximate surface area is 146 Å². The second kappa shape index (κ2) is 6.81. The average Bonchev–Trinajstić information content (AvgIpc) is 3.27. The lowest BCUT2D eigenvalue weighted by atomic mass is 10.2. The Morgan fingerprint density at radius 2 is 1.81 bits per heavy atom. The summed E-state index contributed by atoms with van der Waals surface area (Å²) in [7, 11) is 0. The van der Waals surface area contributed by atoms with Gasteiger partial charge in [-0.25, -0.2) is 22.2 Å². The van der Waals surface area contributed by atoms with E-state index in [1.807, 2.05) is 0 Å². The van der Waals surface area contributed by atoms with Gasteiger partial charge in [0.25, 0.3) is 5.91 Å². The second-order valence-electron chi connectivity index (χ2n) is 5.02. The van der Waals surface area contributed by atoms with Crippen LogP contribution in [0.3, 0.4) is 0 Å². The number of nitro groups is 1. The topological polar surface area (TPSA) is 121 Å². The smallest absolute Gasteiger partial charge is 0.390 e. The highest BCUT2D eigenvalue weighted by Gasteiger charge is 2.22. The Morgan fingerprint density at radius 3 is 2.41 bits per heavy atom. The zero-order valence-corrected chi connectivity index (χ0v) is 12.9. The number of rotatable bonds is 5. The van der Waals surface area contributed by atoms with E-state index >= 15 is 0 Å². The van der Waals surface area contributed by atoms with E-state index in [2.05, 4.69) is 15.2 Å². The first kappa shape index (κ1) is 18.0.